The molecule has 2 amide bonds. The van der Waals surface area contributed by atoms with E-state index in [9.17, 15) is 9.59 Å². The van der Waals surface area contributed by atoms with E-state index in [-0.39, 0.29) is 11.8 Å². The van der Waals surface area contributed by atoms with E-state index in [4.69, 9.17) is 4.98 Å². The molecule has 0 unspecified atom stereocenters. The zero-order valence-corrected chi connectivity index (χ0v) is 20.5. The fraction of sp³-hybridized carbons (Fsp3) is 0.321. The summed E-state index contributed by atoms with van der Waals surface area (Å²) in [7, 11) is 2.13. The highest BCUT2D eigenvalue weighted by atomic mass is 16.2. The number of pyridine rings is 1. The Bertz CT molecular complexity index is 1380. The Kier molecular flexibility index (Phi) is 5.60. The summed E-state index contributed by atoms with van der Waals surface area (Å²) < 4.78 is 0. The maximum atomic E-state index is 12.6. The van der Waals surface area contributed by atoms with Crippen molar-refractivity contribution in [2.75, 3.05) is 50.0 Å². The van der Waals surface area contributed by atoms with Gasteiger partial charge >= 0.3 is 0 Å². The second-order valence-electron chi connectivity index (χ2n) is 9.78. The highest BCUT2D eigenvalue weighted by molar-refractivity contribution is 6.02. The average molecular weight is 483 g/mol. The van der Waals surface area contributed by atoms with E-state index in [2.05, 4.69) is 57.2 Å². The number of anilines is 2. The summed E-state index contributed by atoms with van der Waals surface area (Å²) in [6.45, 7) is 8.03. The number of hydrogen-bond donors (Lipinski definition) is 3. The lowest BCUT2D eigenvalue weighted by Crippen LogP contribution is -2.44. The maximum Gasteiger partial charge on any atom is 0.253 e. The molecule has 1 aromatic carbocycles. The number of H-pyrrole nitrogens is 1. The van der Waals surface area contributed by atoms with Crippen LogP contribution in [0.3, 0.4) is 0 Å². The van der Waals surface area contributed by atoms with Crippen molar-refractivity contribution in [2.24, 2.45) is 0 Å². The minimum atomic E-state index is -0.235. The molecule has 0 bridgehead atoms. The molecule has 3 aliphatic rings. The lowest BCUT2D eigenvalue weighted by Gasteiger charge is -2.35. The van der Waals surface area contributed by atoms with Crippen LogP contribution in [0.4, 0.5) is 11.4 Å². The molecule has 0 atom stereocenters. The third-order valence-electron chi connectivity index (χ3n) is 7.55. The number of fused-ring (bicyclic) bond motifs is 5. The topological polar surface area (TPSA) is 93.4 Å². The monoisotopic (exact) mass is 482 g/mol. The molecular weight excluding hydrogens is 452 g/mol. The average Bonchev–Trinajstić information content (AvgIpc) is 3.29. The van der Waals surface area contributed by atoms with Gasteiger partial charge in [0.05, 0.1) is 28.3 Å². The van der Waals surface area contributed by atoms with Crippen LogP contribution in [0, 0.1) is 0 Å². The van der Waals surface area contributed by atoms with Crippen molar-refractivity contribution in [2.45, 2.75) is 19.3 Å². The second kappa shape index (κ2) is 8.95. The number of rotatable bonds is 4. The highest BCUT2D eigenvalue weighted by Gasteiger charge is 2.30. The molecule has 1 aliphatic carbocycles. The molecule has 6 rings (SSSR count). The van der Waals surface area contributed by atoms with Gasteiger partial charge in [0.1, 0.15) is 0 Å². The Morgan fingerprint density at radius 2 is 1.97 bits per heavy atom. The number of nitrogens with zero attached hydrogens (tertiary/aromatic N) is 3. The van der Waals surface area contributed by atoms with E-state index in [0.717, 1.165) is 96.2 Å². The van der Waals surface area contributed by atoms with Gasteiger partial charge in [-0.3, -0.25) is 14.6 Å². The van der Waals surface area contributed by atoms with Gasteiger partial charge in [-0.25, -0.2) is 0 Å². The smallest absolute Gasteiger partial charge is 0.253 e. The minimum Gasteiger partial charge on any atom is -0.367 e. The summed E-state index contributed by atoms with van der Waals surface area (Å²) >= 11 is 0. The quantitative estimate of drug-likeness (QED) is 0.497. The molecule has 0 spiro atoms. The lowest BCUT2D eigenvalue weighted by molar-refractivity contribution is -0.111. The first-order valence-corrected chi connectivity index (χ1v) is 12.5. The van der Waals surface area contributed by atoms with Gasteiger partial charge in [-0.2, -0.15) is 0 Å². The normalized spacial score (nSPS) is 17.0. The summed E-state index contributed by atoms with van der Waals surface area (Å²) in [5.74, 6) is -0.214. The predicted molar refractivity (Wildman–Crippen MR) is 141 cm³/mol. The van der Waals surface area contributed by atoms with Crippen LogP contribution in [0.1, 0.15) is 27.2 Å². The molecule has 8 nitrogen and oxygen atoms in total. The van der Waals surface area contributed by atoms with Gasteiger partial charge in [-0.15, -0.1) is 0 Å². The van der Waals surface area contributed by atoms with Crippen LogP contribution in [-0.2, 0) is 24.1 Å². The van der Waals surface area contributed by atoms with Crippen LogP contribution in [0.25, 0.3) is 22.5 Å². The zero-order valence-electron chi connectivity index (χ0n) is 20.5. The number of likely N-dealkylation sites (N-methyl/N-ethyl adjacent to an activating group) is 1. The van der Waals surface area contributed by atoms with Crippen LogP contribution in [-0.4, -0.2) is 66.5 Å². The van der Waals surface area contributed by atoms with Gasteiger partial charge in [0.2, 0.25) is 5.91 Å². The number of carbonyl (C=O) groups excluding carboxylic acids is 2. The first-order chi connectivity index (χ1) is 17.5. The molecule has 0 radical (unpaired) electrons. The Labute approximate surface area is 210 Å². The minimum absolute atomic E-state index is 0.0218. The summed E-state index contributed by atoms with van der Waals surface area (Å²) in [4.78, 5) is 37.8. The Morgan fingerprint density at radius 1 is 1.14 bits per heavy atom. The Morgan fingerprint density at radius 3 is 2.78 bits per heavy atom. The number of benzene rings is 1. The van der Waals surface area contributed by atoms with Crippen LogP contribution >= 0.6 is 0 Å². The van der Waals surface area contributed by atoms with Crippen molar-refractivity contribution in [3.63, 3.8) is 0 Å². The van der Waals surface area contributed by atoms with E-state index < -0.39 is 0 Å². The van der Waals surface area contributed by atoms with Gasteiger partial charge in [-0.1, -0.05) is 12.6 Å². The van der Waals surface area contributed by atoms with Crippen molar-refractivity contribution >= 4 is 23.2 Å². The predicted octanol–water partition coefficient (Wildman–Crippen LogP) is 3.00. The van der Waals surface area contributed by atoms with Crippen molar-refractivity contribution in [3.05, 3.63) is 65.5 Å². The molecule has 2 aromatic heterocycles. The van der Waals surface area contributed by atoms with Gasteiger partial charge in [0.25, 0.3) is 5.91 Å². The lowest BCUT2D eigenvalue weighted by atomic mass is 9.88. The first kappa shape index (κ1) is 22.5. The third-order valence-corrected chi connectivity index (χ3v) is 7.55. The summed E-state index contributed by atoms with van der Waals surface area (Å²) in [5, 5.41) is 5.98. The fourth-order valence-electron chi connectivity index (χ4n) is 5.56. The van der Waals surface area contributed by atoms with Crippen LogP contribution in [0.2, 0.25) is 0 Å². The molecule has 8 heteroatoms. The number of nitrogens with one attached hydrogen (secondary N) is 3. The zero-order chi connectivity index (χ0) is 24.8. The van der Waals surface area contributed by atoms with E-state index in [1.54, 1.807) is 0 Å². The second-order valence-corrected chi connectivity index (χ2v) is 9.78. The molecule has 0 saturated carbocycles. The van der Waals surface area contributed by atoms with Gasteiger partial charge in [0, 0.05) is 62.2 Å². The first-order valence-electron chi connectivity index (χ1n) is 12.5. The number of carbonyl (C=O) groups is 2. The number of aromatic amines is 1. The van der Waals surface area contributed by atoms with Crippen molar-refractivity contribution in [3.8, 4) is 22.5 Å². The molecule has 4 heterocycles. The van der Waals surface area contributed by atoms with E-state index in [0.29, 0.717) is 6.54 Å². The Balaban J connectivity index is 1.39. The number of piperazine rings is 1. The summed E-state index contributed by atoms with van der Waals surface area (Å²) in [6, 6.07) is 8.25. The number of hydrogen-bond acceptors (Lipinski definition) is 5. The number of aromatic nitrogens is 2. The summed E-state index contributed by atoms with van der Waals surface area (Å²) in [5.41, 5.74) is 9.80. The highest BCUT2D eigenvalue weighted by Crippen LogP contribution is 2.39. The summed E-state index contributed by atoms with van der Waals surface area (Å²) in [6.07, 6.45) is 5.75. The van der Waals surface area contributed by atoms with Gasteiger partial charge < -0.3 is 25.4 Å². The Hall–Kier alpha value is -3.91. The SMILES string of the molecule is C=CC(=O)Nc1cc(-c2cc3c(cn2)CCc2c-3[nH]c3c2C(=O)NCC3)ccc1N1CCN(C)CC1. The van der Waals surface area contributed by atoms with Crippen LogP contribution < -0.4 is 15.5 Å². The standard InChI is InChI=1S/C28H30N6O2/c1-3-25(35)31-23-14-17(5-7-24(23)34-12-10-33(2)11-13-34)22-15-20-18(16-30-22)4-6-19-26-21(32-27(19)20)8-9-29-28(26)36/h3,5,7,14-16,32H,1,4,6,8-13H2,2H3,(H,29,36)(H,31,35). The molecular formula is C28H30N6O2. The molecule has 184 valence electrons. The van der Waals surface area contributed by atoms with Crippen molar-refractivity contribution < 1.29 is 9.59 Å². The fourth-order valence-corrected chi connectivity index (χ4v) is 5.56. The van der Waals surface area contributed by atoms with Crippen molar-refractivity contribution in [1.82, 2.24) is 20.2 Å². The van der Waals surface area contributed by atoms with Gasteiger partial charge in [0.15, 0.2) is 0 Å². The maximum absolute atomic E-state index is 12.6. The van der Waals surface area contributed by atoms with E-state index >= 15 is 0 Å². The molecule has 3 aromatic rings. The van der Waals surface area contributed by atoms with E-state index in [1.807, 2.05) is 12.3 Å². The third kappa shape index (κ3) is 3.87. The molecule has 36 heavy (non-hydrogen) atoms. The van der Waals surface area contributed by atoms with E-state index in [1.165, 1.54) is 11.6 Å². The largest absolute Gasteiger partial charge is 0.367 e. The molecule has 1 fully saturated rings. The van der Waals surface area contributed by atoms with Crippen molar-refractivity contribution in [1.29, 1.82) is 0 Å². The van der Waals surface area contributed by atoms with Gasteiger partial charge in [-0.05, 0) is 55.3 Å². The number of aryl methyl sites for hydroxylation is 1. The number of amides is 2. The molecule has 3 N–H and O–H groups in total. The molecule has 1 saturated heterocycles. The molecule has 2 aliphatic heterocycles. The van der Waals surface area contributed by atoms with Crippen LogP contribution in [0.5, 0.6) is 0 Å². The van der Waals surface area contributed by atoms with Crippen LogP contribution in [0.15, 0.2) is 43.1 Å².